The third kappa shape index (κ3) is 6.09. The van der Waals surface area contributed by atoms with Gasteiger partial charge in [-0.3, -0.25) is 4.79 Å². The van der Waals surface area contributed by atoms with E-state index in [9.17, 15) is 4.79 Å². The summed E-state index contributed by atoms with van der Waals surface area (Å²) in [7, 11) is 0. The number of fused-ring (bicyclic) bond motifs is 6. The average Bonchev–Trinajstić information content (AvgIpc) is 3.37. The van der Waals surface area contributed by atoms with Gasteiger partial charge >= 0.3 is 0 Å². The summed E-state index contributed by atoms with van der Waals surface area (Å²) in [5.41, 5.74) is 3.88. The summed E-state index contributed by atoms with van der Waals surface area (Å²) in [6.07, 6.45) is 13.1. The van der Waals surface area contributed by atoms with Crippen molar-refractivity contribution in [2.24, 2.45) is 11.8 Å². The molecule has 1 unspecified atom stereocenters. The van der Waals surface area contributed by atoms with Crippen molar-refractivity contribution >= 4 is 46.5 Å². The fraction of sp³-hybridized carbons (Fsp3) is 0.379. The molecule has 6 rings (SSSR count). The van der Waals surface area contributed by atoms with E-state index in [4.69, 9.17) is 16.1 Å². The maximum atomic E-state index is 13.1. The van der Waals surface area contributed by atoms with Gasteiger partial charge in [0.2, 0.25) is 11.9 Å². The number of amides is 1. The third-order valence-corrected chi connectivity index (χ3v) is 7.91. The molecule has 1 fully saturated rings. The number of nitrogens with zero attached hydrogens (tertiary/aromatic N) is 4. The van der Waals surface area contributed by atoms with Crippen molar-refractivity contribution in [2.45, 2.75) is 45.4 Å². The molecular formula is C29H32ClN7O2. The van der Waals surface area contributed by atoms with Crippen LogP contribution in [0.5, 0.6) is 0 Å². The second kappa shape index (κ2) is 11.1. The number of halogens is 1. The fourth-order valence-corrected chi connectivity index (χ4v) is 5.65. The van der Waals surface area contributed by atoms with E-state index in [0.717, 1.165) is 79.4 Å². The van der Waals surface area contributed by atoms with Gasteiger partial charge in [-0.2, -0.15) is 4.98 Å². The van der Waals surface area contributed by atoms with E-state index >= 15 is 0 Å². The first-order valence-electron chi connectivity index (χ1n) is 13.5. The van der Waals surface area contributed by atoms with Gasteiger partial charge in [0, 0.05) is 42.6 Å². The predicted molar refractivity (Wildman–Crippen MR) is 153 cm³/mol. The number of benzene rings is 1. The number of carbonyl (C=O) groups is 1. The Hall–Kier alpha value is -3.85. The average molecular weight is 546 g/mol. The summed E-state index contributed by atoms with van der Waals surface area (Å²) in [6.45, 7) is 3.66. The second-order valence-corrected chi connectivity index (χ2v) is 11.0. The predicted octanol–water partition coefficient (Wildman–Crippen LogP) is 6.23. The van der Waals surface area contributed by atoms with E-state index in [0.29, 0.717) is 35.0 Å². The molecule has 1 aromatic carbocycles. The van der Waals surface area contributed by atoms with Gasteiger partial charge in [-0.25, -0.2) is 4.98 Å². The number of anilines is 5. The van der Waals surface area contributed by atoms with Crippen LogP contribution in [0.3, 0.4) is 0 Å². The zero-order chi connectivity index (χ0) is 26.8. The minimum Gasteiger partial charge on any atom is -0.360 e. The van der Waals surface area contributed by atoms with Crippen LogP contribution in [0.2, 0.25) is 5.02 Å². The van der Waals surface area contributed by atoms with Gasteiger partial charge in [0.15, 0.2) is 11.6 Å². The first-order chi connectivity index (χ1) is 19.0. The Labute approximate surface area is 232 Å². The monoisotopic (exact) mass is 545 g/mol. The molecule has 4 heterocycles. The Morgan fingerprint density at radius 1 is 1.21 bits per heavy atom. The van der Waals surface area contributed by atoms with Gasteiger partial charge in [0.1, 0.15) is 10.8 Å². The van der Waals surface area contributed by atoms with Crippen LogP contribution in [0.4, 0.5) is 29.0 Å². The van der Waals surface area contributed by atoms with Gasteiger partial charge < -0.3 is 25.4 Å². The summed E-state index contributed by atoms with van der Waals surface area (Å²) in [6, 6.07) is 7.97. The topological polar surface area (TPSA) is 108 Å². The Morgan fingerprint density at radius 2 is 2.08 bits per heavy atom. The highest BCUT2D eigenvalue weighted by atomic mass is 35.5. The number of allylic oxidation sites excluding steroid dienone is 4. The third-order valence-electron chi connectivity index (χ3n) is 7.63. The SMILES string of the molecule is Cc1cc(N2CCC(CC(=O)Nc3ccc4cc3CCC3C=CC=C(C3)Nc3ncc(Cl)c(n3)N4)CC2)no1. The van der Waals surface area contributed by atoms with E-state index in [1.165, 1.54) is 0 Å². The first-order valence-corrected chi connectivity index (χ1v) is 13.9. The van der Waals surface area contributed by atoms with Crippen LogP contribution >= 0.6 is 11.6 Å². The largest absolute Gasteiger partial charge is 0.360 e. The molecule has 1 aliphatic carbocycles. The molecule has 6 bridgehead atoms. The maximum Gasteiger partial charge on any atom is 0.228 e. The summed E-state index contributed by atoms with van der Waals surface area (Å²) < 4.78 is 5.22. The molecule has 202 valence electrons. The zero-order valence-corrected chi connectivity index (χ0v) is 22.7. The van der Waals surface area contributed by atoms with Crippen LogP contribution in [0.15, 0.2) is 58.9 Å². The molecule has 0 spiro atoms. The Bertz CT molecular complexity index is 1420. The second-order valence-electron chi connectivity index (χ2n) is 10.6. The van der Waals surface area contributed by atoms with Gasteiger partial charge in [-0.05, 0) is 80.7 Å². The van der Waals surface area contributed by atoms with Crippen molar-refractivity contribution < 1.29 is 9.32 Å². The number of carbonyl (C=O) groups excluding carboxylic acids is 1. The Kier molecular flexibility index (Phi) is 7.24. The molecule has 2 aromatic heterocycles. The van der Waals surface area contributed by atoms with Crippen molar-refractivity contribution in [3.8, 4) is 0 Å². The zero-order valence-electron chi connectivity index (χ0n) is 21.9. The van der Waals surface area contributed by atoms with Crippen LogP contribution < -0.4 is 20.9 Å². The van der Waals surface area contributed by atoms with Crippen molar-refractivity contribution in [2.75, 3.05) is 33.9 Å². The molecule has 1 atom stereocenters. The van der Waals surface area contributed by atoms with E-state index in [-0.39, 0.29) is 5.91 Å². The van der Waals surface area contributed by atoms with Crippen molar-refractivity contribution in [3.63, 3.8) is 0 Å². The van der Waals surface area contributed by atoms with Crippen LogP contribution in [0.1, 0.15) is 43.4 Å². The van der Waals surface area contributed by atoms with E-state index in [2.05, 4.69) is 60.3 Å². The van der Waals surface area contributed by atoms with Crippen LogP contribution in [0, 0.1) is 18.8 Å². The fourth-order valence-electron chi connectivity index (χ4n) is 5.51. The normalized spacial score (nSPS) is 19.1. The van der Waals surface area contributed by atoms with Crippen molar-refractivity contribution in [1.82, 2.24) is 15.1 Å². The quantitative estimate of drug-likeness (QED) is 0.354. The van der Waals surface area contributed by atoms with Crippen LogP contribution in [-0.4, -0.2) is 34.1 Å². The van der Waals surface area contributed by atoms with E-state index < -0.39 is 0 Å². The minimum absolute atomic E-state index is 0.0566. The summed E-state index contributed by atoms with van der Waals surface area (Å²) in [5.74, 6) is 3.52. The van der Waals surface area contributed by atoms with Gasteiger partial charge in [0.05, 0.1) is 6.20 Å². The number of aromatic nitrogens is 3. The van der Waals surface area contributed by atoms with Gasteiger partial charge in [-0.1, -0.05) is 28.9 Å². The standard InChI is InChI=1S/C29H32ClN7O2/c1-18-13-26(36-39-18)37-11-9-20(10-12-37)15-27(38)34-25-8-7-23-16-21(25)6-5-19-3-2-4-22(14-19)33-29-31-17-24(30)28(32-23)35-29/h2-4,7-8,13,16-17,19-20H,5-6,9-12,14-15H2,1H3,(H,34,38)(H2,31,32,33,35). The highest BCUT2D eigenvalue weighted by molar-refractivity contribution is 6.32. The molecule has 10 heteroatoms. The molecule has 0 saturated carbocycles. The molecule has 3 N–H and O–H groups in total. The smallest absolute Gasteiger partial charge is 0.228 e. The molecule has 0 radical (unpaired) electrons. The first kappa shape index (κ1) is 25.4. The number of piperidine rings is 1. The molecule has 1 amide bonds. The lowest BCUT2D eigenvalue weighted by molar-refractivity contribution is -0.117. The highest BCUT2D eigenvalue weighted by Crippen LogP contribution is 2.32. The highest BCUT2D eigenvalue weighted by Gasteiger charge is 2.24. The lowest BCUT2D eigenvalue weighted by Gasteiger charge is -2.31. The minimum atomic E-state index is 0.0566. The lowest BCUT2D eigenvalue weighted by atomic mass is 9.91. The number of rotatable bonds is 4. The number of nitrogens with one attached hydrogen (secondary N) is 3. The van der Waals surface area contributed by atoms with Crippen molar-refractivity contribution in [1.29, 1.82) is 0 Å². The van der Waals surface area contributed by atoms with Crippen LogP contribution in [-0.2, 0) is 11.2 Å². The molecule has 39 heavy (non-hydrogen) atoms. The molecule has 3 aliphatic rings. The van der Waals surface area contributed by atoms with Gasteiger partial charge in [-0.15, -0.1) is 0 Å². The van der Waals surface area contributed by atoms with Crippen molar-refractivity contribution in [3.05, 3.63) is 70.7 Å². The molecule has 9 nitrogen and oxygen atoms in total. The molecule has 1 saturated heterocycles. The number of aryl methyl sites for hydroxylation is 2. The summed E-state index contributed by atoms with van der Waals surface area (Å²) in [4.78, 5) is 24.3. The molecule has 3 aromatic rings. The summed E-state index contributed by atoms with van der Waals surface area (Å²) in [5, 5.41) is 14.4. The molecule has 2 aliphatic heterocycles. The number of hydrogen-bond donors (Lipinski definition) is 3. The van der Waals surface area contributed by atoms with E-state index in [1.54, 1.807) is 6.20 Å². The number of hydrogen-bond acceptors (Lipinski definition) is 8. The maximum absolute atomic E-state index is 13.1. The molecular weight excluding hydrogens is 514 g/mol. The Balaban J connectivity index is 1.15. The van der Waals surface area contributed by atoms with Crippen LogP contribution in [0.25, 0.3) is 0 Å². The lowest BCUT2D eigenvalue weighted by Crippen LogP contribution is -2.35. The van der Waals surface area contributed by atoms with Gasteiger partial charge in [0.25, 0.3) is 0 Å². The summed E-state index contributed by atoms with van der Waals surface area (Å²) >= 11 is 6.40. The van der Waals surface area contributed by atoms with E-state index in [1.807, 2.05) is 25.1 Å². The Morgan fingerprint density at radius 3 is 2.90 bits per heavy atom.